The van der Waals surface area contributed by atoms with Crippen molar-refractivity contribution in [2.24, 2.45) is 5.92 Å². The summed E-state index contributed by atoms with van der Waals surface area (Å²) < 4.78 is 10.9. The maximum atomic E-state index is 12.7. The third-order valence-electron chi connectivity index (χ3n) is 5.92. The van der Waals surface area contributed by atoms with Crippen LogP contribution >= 0.6 is 0 Å². The molecular formula is C23H33N3O5. The minimum absolute atomic E-state index is 0.0190. The van der Waals surface area contributed by atoms with Gasteiger partial charge in [0.15, 0.2) is 18.1 Å². The van der Waals surface area contributed by atoms with Crippen LogP contribution in [-0.4, -0.2) is 72.5 Å². The lowest BCUT2D eigenvalue weighted by Crippen LogP contribution is -2.49. The van der Waals surface area contributed by atoms with Crippen molar-refractivity contribution >= 4 is 17.7 Å². The van der Waals surface area contributed by atoms with Crippen LogP contribution in [0.25, 0.3) is 0 Å². The molecular weight excluding hydrogens is 398 g/mol. The van der Waals surface area contributed by atoms with E-state index in [1.807, 2.05) is 32.9 Å². The number of para-hydroxylation sites is 2. The number of hydrogen-bond donors (Lipinski definition) is 1. The van der Waals surface area contributed by atoms with Crippen molar-refractivity contribution in [3.8, 4) is 11.5 Å². The van der Waals surface area contributed by atoms with Crippen LogP contribution in [0.15, 0.2) is 24.3 Å². The molecule has 170 valence electrons. The highest BCUT2D eigenvalue weighted by molar-refractivity contribution is 5.89. The molecule has 1 atom stereocenters. The summed E-state index contributed by atoms with van der Waals surface area (Å²) in [4.78, 5) is 40.9. The van der Waals surface area contributed by atoms with Gasteiger partial charge in [-0.25, -0.2) is 0 Å². The fraction of sp³-hybridized carbons (Fsp3) is 0.609. The molecule has 1 N–H and O–H groups in total. The van der Waals surface area contributed by atoms with Gasteiger partial charge in [-0.15, -0.1) is 0 Å². The van der Waals surface area contributed by atoms with Crippen LogP contribution in [-0.2, 0) is 14.4 Å². The number of rotatable bonds is 6. The van der Waals surface area contributed by atoms with Crippen molar-refractivity contribution in [3.05, 3.63) is 24.3 Å². The van der Waals surface area contributed by atoms with Gasteiger partial charge in [-0.3, -0.25) is 14.4 Å². The maximum absolute atomic E-state index is 12.7. The predicted molar refractivity (Wildman–Crippen MR) is 116 cm³/mol. The molecule has 1 aromatic rings. The zero-order valence-corrected chi connectivity index (χ0v) is 18.8. The normalized spacial score (nSPS) is 20.0. The Bertz CT molecular complexity index is 812. The summed E-state index contributed by atoms with van der Waals surface area (Å²) in [5, 5.41) is 3.08. The lowest BCUT2D eigenvalue weighted by molar-refractivity contribution is -0.135. The average molecular weight is 432 g/mol. The molecule has 2 fully saturated rings. The van der Waals surface area contributed by atoms with Gasteiger partial charge in [0.05, 0.1) is 13.0 Å². The van der Waals surface area contributed by atoms with Crippen molar-refractivity contribution < 1.29 is 23.9 Å². The third-order valence-corrected chi connectivity index (χ3v) is 5.92. The quantitative estimate of drug-likeness (QED) is 0.742. The Labute approximate surface area is 183 Å². The first-order valence-electron chi connectivity index (χ1n) is 10.8. The number of benzene rings is 1. The number of methoxy groups -OCH3 is 1. The molecule has 0 bridgehead atoms. The molecule has 1 unspecified atom stereocenters. The number of carbonyl (C=O) groups excluding carboxylic acids is 3. The Kier molecular flexibility index (Phi) is 7.08. The number of amides is 3. The molecule has 3 amide bonds. The van der Waals surface area contributed by atoms with E-state index in [9.17, 15) is 14.4 Å². The number of nitrogens with one attached hydrogen (secondary N) is 1. The summed E-state index contributed by atoms with van der Waals surface area (Å²) in [6, 6.07) is 7.24. The first-order chi connectivity index (χ1) is 14.7. The molecule has 8 heteroatoms. The van der Waals surface area contributed by atoms with E-state index in [2.05, 4.69) is 5.32 Å². The minimum Gasteiger partial charge on any atom is -0.493 e. The fourth-order valence-corrected chi connectivity index (χ4v) is 4.09. The smallest absolute Gasteiger partial charge is 0.260 e. The lowest BCUT2D eigenvalue weighted by atomic mass is 10.0. The van der Waals surface area contributed by atoms with Crippen LogP contribution in [0.2, 0.25) is 0 Å². The van der Waals surface area contributed by atoms with Crippen molar-refractivity contribution in [1.82, 2.24) is 15.1 Å². The van der Waals surface area contributed by atoms with E-state index in [-0.39, 0.29) is 48.2 Å². The Hall–Kier alpha value is -2.77. The van der Waals surface area contributed by atoms with Gasteiger partial charge in [-0.2, -0.15) is 0 Å². The van der Waals surface area contributed by atoms with Gasteiger partial charge in [-0.1, -0.05) is 12.1 Å². The van der Waals surface area contributed by atoms with Gasteiger partial charge >= 0.3 is 0 Å². The topological polar surface area (TPSA) is 88.2 Å². The molecule has 3 rings (SSSR count). The molecule has 2 saturated heterocycles. The first-order valence-corrected chi connectivity index (χ1v) is 10.8. The summed E-state index contributed by atoms with van der Waals surface area (Å²) in [6.07, 6.45) is 1.65. The highest BCUT2D eigenvalue weighted by Crippen LogP contribution is 2.27. The summed E-state index contributed by atoms with van der Waals surface area (Å²) in [6.45, 7) is 7.49. The monoisotopic (exact) mass is 431 g/mol. The molecule has 0 spiro atoms. The fourth-order valence-electron chi connectivity index (χ4n) is 4.09. The Morgan fingerprint density at radius 1 is 1.13 bits per heavy atom. The first kappa shape index (κ1) is 22.9. The summed E-state index contributed by atoms with van der Waals surface area (Å²) >= 11 is 0. The summed E-state index contributed by atoms with van der Waals surface area (Å²) in [5.41, 5.74) is -0.274. The molecule has 0 aromatic heterocycles. The molecule has 31 heavy (non-hydrogen) atoms. The summed E-state index contributed by atoms with van der Waals surface area (Å²) in [5.74, 6) is 0.703. The van der Waals surface area contributed by atoms with E-state index in [4.69, 9.17) is 9.47 Å². The van der Waals surface area contributed by atoms with Crippen molar-refractivity contribution in [3.63, 3.8) is 0 Å². The molecule has 1 aromatic carbocycles. The van der Waals surface area contributed by atoms with Crippen LogP contribution < -0.4 is 14.8 Å². The van der Waals surface area contributed by atoms with Crippen LogP contribution in [0, 0.1) is 5.92 Å². The molecule has 0 aliphatic carbocycles. The van der Waals surface area contributed by atoms with E-state index < -0.39 is 0 Å². The predicted octanol–water partition coefficient (Wildman–Crippen LogP) is 1.83. The Morgan fingerprint density at radius 3 is 2.35 bits per heavy atom. The van der Waals surface area contributed by atoms with Crippen molar-refractivity contribution in [1.29, 1.82) is 0 Å². The van der Waals surface area contributed by atoms with Gasteiger partial charge < -0.3 is 24.6 Å². The minimum atomic E-state index is -0.305. The zero-order valence-electron chi connectivity index (χ0n) is 18.8. The van der Waals surface area contributed by atoms with Gasteiger partial charge in [0, 0.05) is 37.6 Å². The second-order valence-corrected chi connectivity index (χ2v) is 9.18. The van der Waals surface area contributed by atoms with Crippen LogP contribution in [0.4, 0.5) is 0 Å². The molecule has 0 saturated carbocycles. The number of likely N-dealkylation sites (tertiary alicyclic amines) is 2. The zero-order chi connectivity index (χ0) is 22.6. The largest absolute Gasteiger partial charge is 0.493 e. The molecule has 8 nitrogen and oxygen atoms in total. The van der Waals surface area contributed by atoms with Crippen LogP contribution in [0.1, 0.15) is 40.0 Å². The van der Waals surface area contributed by atoms with Crippen molar-refractivity contribution in [2.75, 3.05) is 33.4 Å². The standard InChI is InChI=1S/C23H33N3O5/c1-23(2,3)26-14-16(13-20(26)27)22(29)24-17-9-11-25(12-10-17)21(28)15-31-19-8-6-5-7-18(19)30-4/h5-8,16-17H,9-15H2,1-4H3,(H,24,29). The van der Waals surface area contributed by atoms with Crippen molar-refractivity contribution in [2.45, 2.75) is 51.6 Å². The van der Waals surface area contributed by atoms with E-state index in [0.717, 1.165) is 0 Å². The molecule has 0 radical (unpaired) electrons. The van der Waals surface area contributed by atoms with E-state index in [0.29, 0.717) is 44.0 Å². The van der Waals surface area contributed by atoms with Crippen LogP contribution in [0.5, 0.6) is 11.5 Å². The average Bonchev–Trinajstić information content (AvgIpc) is 3.15. The number of nitrogens with zero attached hydrogens (tertiary/aromatic N) is 2. The second-order valence-electron chi connectivity index (χ2n) is 9.18. The molecule has 2 heterocycles. The van der Waals surface area contributed by atoms with E-state index >= 15 is 0 Å². The number of ether oxygens (including phenoxy) is 2. The number of hydrogen-bond acceptors (Lipinski definition) is 5. The number of piperidine rings is 1. The second kappa shape index (κ2) is 9.58. The number of carbonyl (C=O) groups is 3. The highest BCUT2D eigenvalue weighted by atomic mass is 16.5. The Morgan fingerprint density at radius 2 is 1.77 bits per heavy atom. The SMILES string of the molecule is COc1ccccc1OCC(=O)N1CCC(NC(=O)C2CC(=O)N(C(C)(C)C)C2)CC1. The molecule has 2 aliphatic rings. The molecule has 2 aliphatic heterocycles. The lowest BCUT2D eigenvalue weighted by Gasteiger charge is -2.33. The van der Waals surface area contributed by atoms with E-state index in [1.54, 1.807) is 29.0 Å². The highest BCUT2D eigenvalue weighted by Gasteiger charge is 2.40. The summed E-state index contributed by atoms with van der Waals surface area (Å²) in [7, 11) is 1.56. The van der Waals surface area contributed by atoms with Gasteiger partial charge in [-0.05, 0) is 45.7 Å². The van der Waals surface area contributed by atoms with Gasteiger partial charge in [0.25, 0.3) is 5.91 Å². The van der Waals surface area contributed by atoms with E-state index in [1.165, 1.54) is 0 Å². The maximum Gasteiger partial charge on any atom is 0.260 e. The van der Waals surface area contributed by atoms with Gasteiger partial charge in [0.2, 0.25) is 11.8 Å². The van der Waals surface area contributed by atoms with Gasteiger partial charge in [0.1, 0.15) is 0 Å². The van der Waals surface area contributed by atoms with Crippen LogP contribution in [0.3, 0.4) is 0 Å². The Balaban J connectivity index is 1.43. The third kappa shape index (κ3) is 5.68.